The maximum atomic E-state index is 14.6. The van der Waals surface area contributed by atoms with Crippen LogP contribution in [0, 0.1) is 0 Å². The standard InChI is InChI=1S/C38H35N5O6S2/c1-2-26-10-7-13-30-31(22-39-34(26)30)35(44)36(27-8-4-3-5-9-27)50-38-41-40-37(43(38)23-25-14-15-32-33(20-25)49-24-48-32)28-11-6-12-29(21-28)51(45,46)42-16-18-47-19-17-42/h3-15,20-22,36,39H,2,16-19,23-24H2,1H3. The third-order valence-corrected chi connectivity index (χ3v) is 12.3. The Kier molecular flexibility index (Phi) is 9.11. The molecule has 8 rings (SSSR count). The number of ether oxygens (including phenoxy) is 3. The van der Waals surface area contributed by atoms with E-state index in [2.05, 4.69) is 28.2 Å². The lowest BCUT2D eigenvalue weighted by Crippen LogP contribution is -2.40. The number of carbonyl (C=O) groups is 1. The predicted molar refractivity (Wildman–Crippen MR) is 194 cm³/mol. The Labute approximate surface area is 299 Å². The van der Waals surface area contributed by atoms with Crippen LogP contribution in [0.2, 0.25) is 0 Å². The number of benzene rings is 4. The van der Waals surface area contributed by atoms with Gasteiger partial charge < -0.3 is 19.2 Å². The van der Waals surface area contributed by atoms with Gasteiger partial charge in [-0.25, -0.2) is 8.42 Å². The summed E-state index contributed by atoms with van der Waals surface area (Å²) >= 11 is 1.32. The van der Waals surface area contributed by atoms with Crippen LogP contribution in [0.4, 0.5) is 0 Å². The van der Waals surface area contributed by atoms with Crippen molar-refractivity contribution in [3.63, 3.8) is 0 Å². The SMILES string of the molecule is CCc1cccc2c(C(=O)C(Sc3nnc(-c4cccc(S(=O)(=O)N5CCOCC5)c4)n3Cc3ccc4c(c3)OCO4)c3ccccc3)c[nH]c12. The highest BCUT2D eigenvalue weighted by molar-refractivity contribution is 8.00. The van der Waals surface area contributed by atoms with E-state index < -0.39 is 15.3 Å². The molecule has 4 heterocycles. The van der Waals surface area contributed by atoms with Gasteiger partial charge in [0, 0.05) is 41.3 Å². The van der Waals surface area contributed by atoms with E-state index in [0.717, 1.165) is 34.0 Å². The van der Waals surface area contributed by atoms with E-state index in [4.69, 9.17) is 14.2 Å². The number of rotatable bonds is 11. The van der Waals surface area contributed by atoms with E-state index in [9.17, 15) is 13.2 Å². The first-order valence-electron chi connectivity index (χ1n) is 16.8. The number of hydrogen-bond donors (Lipinski definition) is 1. The first-order valence-corrected chi connectivity index (χ1v) is 19.1. The minimum absolute atomic E-state index is 0.0662. The van der Waals surface area contributed by atoms with E-state index in [1.54, 1.807) is 24.4 Å². The highest BCUT2D eigenvalue weighted by Gasteiger charge is 2.30. The van der Waals surface area contributed by atoms with Crippen LogP contribution in [0.3, 0.4) is 0 Å². The number of aromatic amines is 1. The number of carbonyl (C=O) groups excluding carboxylic acids is 1. The fraction of sp³-hybridized carbons (Fsp3) is 0.237. The fourth-order valence-electron chi connectivity index (χ4n) is 6.55. The third kappa shape index (κ3) is 6.42. The van der Waals surface area contributed by atoms with Crippen molar-refractivity contribution in [2.24, 2.45) is 0 Å². The number of para-hydroxylation sites is 1. The van der Waals surface area contributed by atoms with Crippen molar-refractivity contribution in [2.75, 3.05) is 33.1 Å². The molecule has 260 valence electrons. The summed E-state index contributed by atoms with van der Waals surface area (Å²) in [5.74, 6) is 1.70. The number of fused-ring (bicyclic) bond motifs is 2. The molecule has 0 radical (unpaired) electrons. The second kappa shape index (κ2) is 14.0. The van der Waals surface area contributed by atoms with Crippen molar-refractivity contribution < 1.29 is 27.4 Å². The van der Waals surface area contributed by atoms with E-state index in [1.165, 1.54) is 16.1 Å². The number of H-pyrrole nitrogens is 1. The summed E-state index contributed by atoms with van der Waals surface area (Å²) in [5.41, 5.74) is 5.00. The second-order valence-corrected chi connectivity index (χ2v) is 15.3. The zero-order valence-electron chi connectivity index (χ0n) is 27.8. The molecule has 0 spiro atoms. The van der Waals surface area contributed by atoms with Crippen LogP contribution in [-0.4, -0.2) is 71.4 Å². The van der Waals surface area contributed by atoms with Gasteiger partial charge in [0.25, 0.3) is 0 Å². The molecule has 0 aliphatic carbocycles. The smallest absolute Gasteiger partial charge is 0.243 e. The number of hydrogen-bond acceptors (Lipinski definition) is 9. The topological polar surface area (TPSA) is 129 Å². The zero-order valence-corrected chi connectivity index (χ0v) is 29.5. The molecule has 13 heteroatoms. The van der Waals surface area contributed by atoms with Crippen molar-refractivity contribution >= 4 is 38.5 Å². The van der Waals surface area contributed by atoms with Gasteiger partial charge in [0.05, 0.1) is 24.7 Å². The summed E-state index contributed by atoms with van der Waals surface area (Å²) in [7, 11) is -3.77. The minimum Gasteiger partial charge on any atom is -0.454 e. The number of aryl methyl sites for hydroxylation is 1. The summed E-state index contributed by atoms with van der Waals surface area (Å²) in [6.45, 7) is 3.85. The van der Waals surface area contributed by atoms with Crippen molar-refractivity contribution in [2.45, 2.75) is 35.2 Å². The molecule has 1 fully saturated rings. The van der Waals surface area contributed by atoms with Crippen LogP contribution >= 0.6 is 11.8 Å². The van der Waals surface area contributed by atoms with Gasteiger partial charge >= 0.3 is 0 Å². The Balaban J connectivity index is 1.21. The molecule has 2 aromatic heterocycles. The van der Waals surface area contributed by atoms with Gasteiger partial charge in [0.2, 0.25) is 16.8 Å². The van der Waals surface area contributed by atoms with Gasteiger partial charge in [-0.05, 0) is 47.4 Å². The molecule has 0 saturated carbocycles. The van der Waals surface area contributed by atoms with E-state index in [-0.39, 0.29) is 17.5 Å². The number of Topliss-reactive ketones (excluding diaryl/α,β-unsaturated/α-hetero) is 1. The molecule has 1 saturated heterocycles. The van der Waals surface area contributed by atoms with Crippen LogP contribution in [-0.2, 0) is 27.7 Å². The van der Waals surface area contributed by atoms with Gasteiger partial charge in [-0.1, -0.05) is 85.4 Å². The number of sulfonamides is 1. The molecule has 2 aliphatic rings. The first-order chi connectivity index (χ1) is 24.9. The predicted octanol–water partition coefficient (Wildman–Crippen LogP) is 6.50. The maximum absolute atomic E-state index is 14.6. The lowest BCUT2D eigenvalue weighted by molar-refractivity contribution is 0.0730. The molecule has 4 aromatic carbocycles. The Bertz CT molecular complexity index is 2330. The molecule has 0 amide bonds. The molecule has 2 aliphatic heterocycles. The lowest BCUT2D eigenvalue weighted by atomic mass is 10.0. The van der Waals surface area contributed by atoms with Gasteiger partial charge in [-0.3, -0.25) is 9.36 Å². The molecule has 1 atom stereocenters. The van der Waals surface area contributed by atoms with E-state index in [1.807, 2.05) is 71.3 Å². The van der Waals surface area contributed by atoms with Crippen molar-refractivity contribution in [1.82, 2.24) is 24.1 Å². The third-order valence-electron chi connectivity index (χ3n) is 9.21. The maximum Gasteiger partial charge on any atom is 0.243 e. The average Bonchev–Trinajstić information content (AvgIpc) is 3.93. The van der Waals surface area contributed by atoms with Crippen LogP contribution in [0.5, 0.6) is 11.5 Å². The Morgan fingerprint density at radius 1 is 0.922 bits per heavy atom. The average molecular weight is 722 g/mol. The molecular weight excluding hydrogens is 687 g/mol. The van der Waals surface area contributed by atoms with Crippen LogP contribution in [0.1, 0.15) is 39.2 Å². The highest BCUT2D eigenvalue weighted by atomic mass is 32.2. The zero-order chi connectivity index (χ0) is 35.0. The molecular formula is C38H35N5O6S2. The van der Waals surface area contributed by atoms with Crippen molar-refractivity contribution in [1.29, 1.82) is 0 Å². The molecule has 0 bridgehead atoms. The normalized spacial score (nSPS) is 15.3. The number of nitrogens with zero attached hydrogens (tertiary/aromatic N) is 4. The second-order valence-electron chi connectivity index (χ2n) is 12.3. The van der Waals surface area contributed by atoms with Crippen molar-refractivity contribution in [3.05, 3.63) is 119 Å². The van der Waals surface area contributed by atoms with Crippen molar-refractivity contribution in [3.8, 4) is 22.9 Å². The van der Waals surface area contributed by atoms with Gasteiger partial charge in [-0.2, -0.15) is 4.31 Å². The summed E-state index contributed by atoms with van der Waals surface area (Å²) in [5, 5.41) is 9.99. The van der Waals surface area contributed by atoms with Crippen LogP contribution in [0.15, 0.2) is 107 Å². The monoisotopic (exact) mass is 721 g/mol. The minimum atomic E-state index is -3.77. The van der Waals surface area contributed by atoms with Crippen LogP contribution in [0.25, 0.3) is 22.3 Å². The molecule has 11 nitrogen and oxygen atoms in total. The summed E-state index contributed by atoms with van der Waals surface area (Å²) in [4.78, 5) is 18.1. The van der Waals surface area contributed by atoms with Gasteiger partial charge in [0.15, 0.2) is 28.3 Å². The van der Waals surface area contributed by atoms with E-state index in [0.29, 0.717) is 66.5 Å². The van der Waals surface area contributed by atoms with Crippen LogP contribution < -0.4 is 9.47 Å². The Hall–Kier alpha value is -4.95. The summed E-state index contributed by atoms with van der Waals surface area (Å²) in [6.07, 6.45) is 2.63. The lowest BCUT2D eigenvalue weighted by Gasteiger charge is -2.26. The highest BCUT2D eigenvalue weighted by Crippen LogP contribution is 2.41. The largest absolute Gasteiger partial charge is 0.454 e. The number of thioether (sulfide) groups is 1. The summed E-state index contributed by atoms with van der Waals surface area (Å²) < 4.78 is 47.2. The molecule has 51 heavy (non-hydrogen) atoms. The number of aromatic nitrogens is 4. The number of morpholine rings is 1. The summed E-state index contributed by atoms with van der Waals surface area (Å²) in [6, 6.07) is 28.2. The van der Waals surface area contributed by atoms with Gasteiger partial charge in [-0.15, -0.1) is 10.2 Å². The molecule has 6 aromatic rings. The first kappa shape index (κ1) is 33.2. The molecule has 1 N–H and O–H groups in total. The van der Waals surface area contributed by atoms with E-state index >= 15 is 0 Å². The Morgan fingerprint density at radius 3 is 2.55 bits per heavy atom. The quantitative estimate of drug-likeness (QED) is 0.118. The van der Waals surface area contributed by atoms with Gasteiger partial charge in [0.1, 0.15) is 5.25 Å². The number of nitrogens with one attached hydrogen (secondary N) is 1. The fourth-order valence-corrected chi connectivity index (χ4v) is 9.11. The number of ketones is 1. The Morgan fingerprint density at radius 2 is 1.73 bits per heavy atom. The molecule has 1 unspecified atom stereocenters.